The van der Waals surface area contributed by atoms with Crippen LogP contribution in [0.25, 0.3) is 0 Å². The fraction of sp³-hybridized carbons (Fsp3) is 0.455. The normalized spacial score (nSPS) is 28.6. The fourth-order valence-corrected chi connectivity index (χ4v) is 5.36. The number of sulfonamides is 1. The molecule has 1 aliphatic carbocycles. The number of halogens is 3. The Hall–Kier alpha value is 0.340. The third-order valence-electron chi connectivity index (χ3n) is 3.57. The lowest BCUT2D eigenvalue weighted by atomic mass is 10.4. The Kier molecular flexibility index (Phi) is 4.65. The minimum Gasteiger partial charge on any atom is -0.316 e. The highest BCUT2D eigenvalue weighted by Gasteiger charge is 2.54. The van der Waals surface area contributed by atoms with Crippen LogP contribution in [0.5, 0.6) is 0 Å². The summed E-state index contributed by atoms with van der Waals surface area (Å²) in [5.74, 6) is 0.927. The zero-order chi connectivity index (χ0) is 12.9. The van der Waals surface area contributed by atoms with Crippen LogP contribution in [0.3, 0.4) is 0 Å². The van der Waals surface area contributed by atoms with Gasteiger partial charge in [-0.05, 0) is 59.1 Å². The molecule has 2 aliphatic rings. The smallest absolute Gasteiger partial charge is 0.242 e. The zero-order valence-electron chi connectivity index (χ0n) is 9.77. The molecule has 1 saturated carbocycles. The third kappa shape index (κ3) is 3.01. The molecule has 1 aromatic carbocycles. The van der Waals surface area contributed by atoms with Crippen molar-refractivity contribution in [2.75, 3.05) is 13.1 Å². The minimum atomic E-state index is -3.45. The highest BCUT2D eigenvalue weighted by atomic mass is 79.9. The van der Waals surface area contributed by atoms with Gasteiger partial charge >= 0.3 is 0 Å². The van der Waals surface area contributed by atoms with Crippen LogP contribution in [0.4, 0.5) is 0 Å². The van der Waals surface area contributed by atoms with Crippen LogP contribution in [0, 0.1) is 11.8 Å². The average Bonchev–Trinajstić information content (AvgIpc) is 2.77. The van der Waals surface area contributed by atoms with Crippen LogP contribution in [0.2, 0.25) is 0 Å². The minimum absolute atomic E-state index is 0. The molecule has 19 heavy (non-hydrogen) atoms. The number of rotatable bonds is 3. The van der Waals surface area contributed by atoms with Crippen molar-refractivity contribution in [3.8, 4) is 0 Å². The largest absolute Gasteiger partial charge is 0.316 e. The third-order valence-corrected chi connectivity index (χ3v) is 6.51. The predicted molar refractivity (Wildman–Crippen MR) is 83.0 cm³/mol. The van der Waals surface area contributed by atoms with Crippen LogP contribution >= 0.6 is 44.3 Å². The van der Waals surface area contributed by atoms with E-state index in [0.29, 0.717) is 16.3 Å². The summed E-state index contributed by atoms with van der Waals surface area (Å²) < 4.78 is 28.7. The molecule has 2 fully saturated rings. The van der Waals surface area contributed by atoms with Gasteiger partial charge in [0, 0.05) is 15.0 Å². The van der Waals surface area contributed by atoms with E-state index < -0.39 is 10.0 Å². The van der Waals surface area contributed by atoms with Crippen molar-refractivity contribution in [1.82, 2.24) is 10.0 Å². The van der Waals surface area contributed by atoms with E-state index in [1.54, 1.807) is 18.2 Å². The predicted octanol–water partition coefficient (Wildman–Crippen LogP) is 2.13. The second kappa shape index (κ2) is 5.61. The first-order valence-corrected chi connectivity index (χ1v) is 8.74. The first kappa shape index (κ1) is 15.7. The van der Waals surface area contributed by atoms with Gasteiger partial charge in [0.1, 0.15) is 0 Å². The van der Waals surface area contributed by atoms with E-state index in [9.17, 15) is 8.42 Å². The van der Waals surface area contributed by atoms with Gasteiger partial charge in [-0.15, -0.1) is 12.4 Å². The molecule has 1 aliphatic heterocycles. The maximum absolute atomic E-state index is 12.3. The monoisotopic (exact) mass is 430 g/mol. The molecule has 0 bridgehead atoms. The lowest BCUT2D eigenvalue weighted by molar-refractivity contribution is 0.565. The van der Waals surface area contributed by atoms with E-state index in [2.05, 4.69) is 41.9 Å². The molecule has 0 spiro atoms. The van der Waals surface area contributed by atoms with Gasteiger partial charge < -0.3 is 5.32 Å². The number of hydrogen-bond acceptors (Lipinski definition) is 3. The number of benzene rings is 1. The highest BCUT2D eigenvalue weighted by Crippen LogP contribution is 2.42. The number of piperidine rings is 1. The Labute approximate surface area is 135 Å². The van der Waals surface area contributed by atoms with E-state index in [1.165, 1.54) is 0 Å². The Bertz CT molecular complexity index is 586. The lowest BCUT2D eigenvalue weighted by Gasteiger charge is -2.10. The summed E-state index contributed by atoms with van der Waals surface area (Å²) in [4.78, 5) is 0.287. The summed E-state index contributed by atoms with van der Waals surface area (Å²) in [6.45, 7) is 1.83. The Morgan fingerprint density at radius 1 is 1.21 bits per heavy atom. The molecule has 2 unspecified atom stereocenters. The van der Waals surface area contributed by atoms with Crippen LogP contribution in [0.15, 0.2) is 32.0 Å². The van der Waals surface area contributed by atoms with E-state index >= 15 is 0 Å². The number of hydrogen-bond donors (Lipinski definition) is 2. The van der Waals surface area contributed by atoms with Crippen molar-refractivity contribution < 1.29 is 8.42 Å². The van der Waals surface area contributed by atoms with Crippen molar-refractivity contribution in [3.63, 3.8) is 0 Å². The van der Waals surface area contributed by atoms with E-state index in [-0.39, 0.29) is 23.3 Å². The van der Waals surface area contributed by atoms with Gasteiger partial charge in [0.05, 0.1) is 4.90 Å². The molecular formula is C11H13Br2ClN2O2S. The molecule has 8 heteroatoms. The second-order valence-corrected chi connectivity index (χ2v) is 8.16. The number of nitrogens with one attached hydrogen (secondary N) is 2. The molecule has 2 N–H and O–H groups in total. The van der Waals surface area contributed by atoms with Gasteiger partial charge in [0.25, 0.3) is 0 Å². The first-order valence-electron chi connectivity index (χ1n) is 5.67. The zero-order valence-corrected chi connectivity index (χ0v) is 14.6. The van der Waals surface area contributed by atoms with E-state index in [1.807, 2.05) is 0 Å². The van der Waals surface area contributed by atoms with Crippen molar-refractivity contribution in [3.05, 3.63) is 27.1 Å². The molecule has 0 amide bonds. The molecule has 1 aromatic rings. The van der Waals surface area contributed by atoms with Gasteiger partial charge in [-0.25, -0.2) is 13.1 Å². The molecule has 1 heterocycles. The first-order chi connectivity index (χ1) is 8.49. The molecule has 3 rings (SSSR count). The summed E-state index contributed by atoms with van der Waals surface area (Å²) in [6.07, 6.45) is 0. The number of fused-ring (bicyclic) bond motifs is 1. The quantitative estimate of drug-likeness (QED) is 0.770. The van der Waals surface area contributed by atoms with Crippen LogP contribution < -0.4 is 10.0 Å². The summed E-state index contributed by atoms with van der Waals surface area (Å²) in [6, 6.07) is 5.25. The molecule has 4 nitrogen and oxygen atoms in total. The molecule has 106 valence electrons. The van der Waals surface area contributed by atoms with Gasteiger partial charge in [0.2, 0.25) is 10.0 Å². The summed E-state index contributed by atoms with van der Waals surface area (Å²) in [7, 11) is -3.45. The fourth-order valence-electron chi connectivity index (χ4n) is 2.52. The van der Waals surface area contributed by atoms with Gasteiger partial charge in [-0.3, -0.25) is 0 Å². The Morgan fingerprint density at radius 2 is 1.84 bits per heavy atom. The average molecular weight is 433 g/mol. The molecule has 0 aromatic heterocycles. The topological polar surface area (TPSA) is 58.2 Å². The van der Waals surface area contributed by atoms with Crippen molar-refractivity contribution >= 4 is 54.3 Å². The molecule has 2 atom stereocenters. The van der Waals surface area contributed by atoms with Crippen molar-refractivity contribution in [2.45, 2.75) is 10.9 Å². The Morgan fingerprint density at radius 3 is 2.47 bits per heavy atom. The summed E-state index contributed by atoms with van der Waals surface area (Å²) in [5, 5.41) is 3.25. The van der Waals surface area contributed by atoms with E-state index in [0.717, 1.165) is 17.6 Å². The summed E-state index contributed by atoms with van der Waals surface area (Å²) >= 11 is 6.58. The molecule has 1 saturated heterocycles. The van der Waals surface area contributed by atoms with Gasteiger partial charge in [0.15, 0.2) is 0 Å². The molecular weight excluding hydrogens is 419 g/mol. The van der Waals surface area contributed by atoms with Crippen LogP contribution in [-0.2, 0) is 10.0 Å². The van der Waals surface area contributed by atoms with Gasteiger partial charge in [-0.2, -0.15) is 0 Å². The second-order valence-electron chi connectivity index (χ2n) is 4.71. The highest BCUT2D eigenvalue weighted by molar-refractivity contribution is 9.11. The SMILES string of the molecule is Cl.O=S(=O)(NC1C2CNCC21)c1cc(Br)ccc1Br. The maximum atomic E-state index is 12.3. The van der Waals surface area contributed by atoms with Crippen LogP contribution in [-0.4, -0.2) is 27.5 Å². The lowest BCUT2D eigenvalue weighted by Crippen LogP contribution is -2.32. The van der Waals surface area contributed by atoms with Crippen molar-refractivity contribution in [2.24, 2.45) is 11.8 Å². The summed E-state index contributed by atoms with van der Waals surface area (Å²) in [5.41, 5.74) is 0. The Balaban J connectivity index is 0.00000133. The molecule has 0 radical (unpaired) electrons. The van der Waals surface area contributed by atoms with E-state index in [4.69, 9.17) is 0 Å². The maximum Gasteiger partial charge on any atom is 0.242 e. The van der Waals surface area contributed by atoms with Gasteiger partial charge in [-0.1, -0.05) is 15.9 Å². The standard InChI is InChI=1S/C11H12Br2N2O2S.ClH/c12-6-1-2-9(13)10(3-6)18(16,17)15-11-7-4-14-5-8(7)11;/h1-3,7-8,11,14-15H,4-5H2;1H. The van der Waals surface area contributed by atoms with Crippen molar-refractivity contribution in [1.29, 1.82) is 0 Å². The van der Waals surface area contributed by atoms with Crippen LogP contribution in [0.1, 0.15) is 0 Å².